The number of thiazole rings is 1. The molecule has 4 rings (SSSR count). The monoisotopic (exact) mass is 303 g/mol. The minimum Gasteiger partial charge on any atom is -0.395 e. The maximum absolute atomic E-state index is 10.8. The van der Waals surface area contributed by atoms with E-state index in [1.807, 2.05) is 5.51 Å². The van der Waals surface area contributed by atoms with E-state index in [1.54, 1.807) is 11.3 Å². The number of aromatic nitrogens is 1. The average Bonchev–Trinajstić information content (AvgIpc) is 2.96. The Labute approximate surface area is 128 Å². The van der Waals surface area contributed by atoms with E-state index in [-0.39, 0.29) is 0 Å². The molecule has 112 valence electrons. The largest absolute Gasteiger partial charge is 0.395 e. The summed E-state index contributed by atoms with van der Waals surface area (Å²) in [6.07, 6.45) is 5.35. The molecule has 1 saturated heterocycles. The molecule has 2 fully saturated rings. The zero-order chi connectivity index (χ0) is 14.4. The van der Waals surface area contributed by atoms with Crippen molar-refractivity contribution in [3.63, 3.8) is 0 Å². The van der Waals surface area contributed by atoms with Gasteiger partial charge in [-0.15, -0.1) is 11.3 Å². The second kappa shape index (κ2) is 4.85. The molecule has 3 N–H and O–H groups in total. The molecule has 0 spiro atoms. The number of benzene rings is 1. The van der Waals surface area contributed by atoms with E-state index in [9.17, 15) is 5.11 Å². The van der Waals surface area contributed by atoms with Crippen LogP contribution >= 0.6 is 11.3 Å². The highest BCUT2D eigenvalue weighted by Gasteiger charge is 2.43. The molecule has 2 heterocycles. The second-order valence-electron chi connectivity index (χ2n) is 6.44. The van der Waals surface area contributed by atoms with Gasteiger partial charge in [-0.1, -0.05) is 12.8 Å². The Morgan fingerprint density at radius 1 is 1.33 bits per heavy atom. The molecule has 0 bridgehead atoms. The highest BCUT2D eigenvalue weighted by molar-refractivity contribution is 7.16. The lowest BCUT2D eigenvalue weighted by Crippen LogP contribution is -2.53. The molecule has 2 unspecified atom stereocenters. The predicted octanol–water partition coefficient (Wildman–Crippen LogP) is 3.01. The quantitative estimate of drug-likeness (QED) is 0.795. The molecule has 2 aromatic rings. The molecule has 2 aliphatic rings. The third-order valence-electron chi connectivity index (χ3n) is 5.29. The van der Waals surface area contributed by atoms with Crippen LogP contribution in [0.1, 0.15) is 32.1 Å². The van der Waals surface area contributed by atoms with Crippen LogP contribution in [0.4, 0.5) is 11.4 Å². The first-order valence-corrected chi connectivity index (χ1v) is 8.64. The van der Waals surface area contributed by atoms with Gasteiger partial charge in [-0.2, -0.15) is 0 Å². The van der Waals surface area contributed by atoms with Crippen LogP contribution in [0.5, 0.6) is 0 Å². The van der Waals surface area contributed by atoms with Crippen molar-refractivity contribution in [3.05, 3.63) is 17.6 Å². The van der Waals surface area contributed by atoms with E-state index < -0.39 is 5.60 Å². The molecular weight excluding hydrogens is 282 g/mol. The number of piperidine rings is 1. The van der Waals surface area contributed by atoms with Crippen molar-refractivity contribution in [1.29, 1.82) is 0 Å². The van der Waals surface area contributed by atoms with Crippen LogP contribution in [-0.4, -0.2) is 28.8 Å². The molecule has 1 aliphatic heterocycles. The van der Waals surface area contributed by atoms with Gasteiger partial charge in [0, 0.05) is 19.0 Å². The molecular formula is C16H21N3OS. The fourth-order valence-electron chi connectivity index (χ4n) is 4.01. The first-order chi connectivity index (χ1) is 10.2. The molecule has 1 saturated carbocycles. The van der Waals surface area contributed by atoms with Gasteiger partial charge >= 0.3 is 0 Å². The fraction of sp³-hybridized carbons (Fsp3) is 0.562. The van der Waals surface area contributed by atoms with Crippen LogP contribution in [0.2, 0.25) is 0 Å². The number of aliphatic hydroxyl groups is 1. The summed E-state index contributed by atoms with van der Waals surface area (Å²) in [6.45, 7) is 1.79. The van der Waals surface area contributed by atoms with Crippen LogP contribution in [0.25, 0.3) is 10.2 Å². The highest BCUT2D eigenvalue weighted by atomic mass is 32.1. The standard InChI is InChI=1S/C16H21N3OS/c17-14-12(4-5-13-15(14)18-10-21-13)19-8-7-16(20)6-2-1-3-11(16)9-19/h4-5,10-11,20H,1-3,6-9,17H2. The van der Waals surface area contributed by atoms with Gasteiger partial charge in [-0.05, 0) is 31.4 Å². The summed E-state index contributed by atoms with van der Waals surface area (Å²) in [4.78, 5) is 6.73. The Morgan fingerprint density at radius 2 is 2.24 bits per heavy atom. The van der Waals surface area contributed by atoms with Crippen molar-refractivity contribution in [1.82, 2.24) is 4.98 Å². The van der Waals surface area contributed by atoms with Crippen molar-refractivity contribution < 1.29 is 5.11 Å². The lowest BCUT2D eigenvalue weighted by atomic mass is 9.71. The predicted molar refractivity (Wildman–Crippen MR) is 87.8 cm³/mol. The Morgan fingerprint density at radius 3 is 3.14 bits per heavy atom. The molecule has 5 heteroatoms. The smallest absolute Gasteiger partial charge is 0.106 e. The third-order valence-corrected chi connectivity index (χ3v) is 6.08. The summed E-state index contributed by atoms with van der Waals surface area (Å²) in [5.74, 6) is 0.380. The Kier molecular flexibility index (Phi) is 3.08. The van der Waals surface area contributed by atoms with Crippen molar-refractivity contribution in [3.8, 4) is 0 Å². The molecule has 1 aromatic carbocycles. The zero-order valence-electron chi connectivity index (χ0n) is 12.1. The first kappa shape index (κ1) is 13.3. The van der Waals surface area contributed by atoms with E-state index in [0.29, 0.717) is 5.92 Å². The number of hydrogen-bond donors (Lipinski definition) is 2. The van der Waals surface area contributed by atoms with E-state index in [4.69, 9.17) is 5.73 Å². The highest BCUT2D eigenvalue weighted by Crippen LogP contribution is 2.42. The first-order valence-electron chi connectivity index (χ1n) is 7.76. The maximum Gasteiger partial charge on any atom is 0.106 e. The Balaban J connectivity index is 1.65. The Hall–Kier alpha value is -1.33. The molecule has 4 nitrogen and oxygen atoms in total. The van der Waals surface area contributed by atoms with E-state index in [1.165, 1.54) is 12.8 Å². The van der Waals surface area contributed by atoms with Crippen molar-refractivity contribution in [2.75, 3.05) is 23.7 Å². The van der Waals surface area contributed by atoms with Gasteiger partial charge in [0.2, 0.25) is 0 Å². The number of nitrogens with zero attached hydrogens (tertiary/aromatic N) is 2. The van der Waals surface area contributed by atoms with Gasteiger partial charge < -0.3 is 15.7 Å². The zero-order valence-corrected chi connectivity index (χ0v) is 12.9. The molecule has 2 atom stereocenters. The fourth-order valence-corrected chi connectivity index (χ4v) is 4.70. The summed E-state index contributed by atoms with van der Waals surface area (Å²) in [7, 11) is 0. The Bertz CT molecular complexity index is 671. The summed E-state index contributed by atoms with van der Waals surface area (Å²) < 4.78 is 1.14. The summed E-state index contributed by atoms with van der Waals surface area (Å²) in [6, 6.07) is 4.23. The molecule has 1 aromatic heterocycles. The lowest BCUT2D eigenvalue weighted by Gasteiger charge is -2.48. The minimum atomic E-state index is -0.436. The van der Waals surface area contributed by atoms with Crippen LogP contribution in [0.3, 0.4) is 0 Å². The molecule has 0 amide bonds. The average molecular weight is 303 g/mol. The molecule has 21 heavy (non-hydrogen) atoms. The number of nitrogen functional groups attached to an aromatic ring is 1. The van der Waals surface area contributed by atoms with Gasteiger partial charge in [0.1, 0.15) is 5.52 Å². The summed E-state index contributed by atoms with van der Waals surface area (Å²) in [5, 5.41) is 10.8. The van der Waals surface area contributed by atoms with Gasteiger partial charge in [-0.25, -0.2) is 4.98 Å². The number of rotatable bonds is 1. The van der Waals surface area contributed by atoms with Gasteiger partial charge in [-0.3, -0.25) is 0 Å². The third kappa shape index (κ3) is 2.10. The van der Waals surface area contributed by atoms with Crippen LogP contribution < -0.4 is 10.6 Å². The minimum absolute atomic E-state index is 0.380. The summed E-state index contributed by atoms with van der Waals surface area (Å²) in [5.41, 5.74) is 10.5. The van der Waals surface area contributed by atoms with Crippen LogP contribution in [0, 0.1) is 5.92 Å². The second-order valence-corrected chi connectivity index (χ2v) is 7.33. The molecule has 1 aliphatic carbocycles. The normalized spacial score (nSPS) is 29.6. The van der Waals surface area contributed by atoms with Crippen molar-refractivity contribution in [2.45, 2.75) is 37.7 Å². The van der Waals surface area contributed by atoms with E-state index >= 15 is 0 Å². The topological polar surface area (TPSA) is 62.4 Å². The summed E-state index contributed by atoms with van der Waals surface area (Å²) >= 11 is 1.62. The maximum atomic E-state index is 10.8. The van der Waals surface area contributed by atoms with E-state index in [2.05, 4.69) is 22.0 Å². The number of nitrogens with two attached hydrogens (primary N) is 1. The van der Waals surface area contributed by atoms with Crippen molar-refractivity contribution in [2.24, 2.45) is 5.92 Å². The number of hydrogen-bond acceptors (Lipinski definition) is 5. The number of fused-ring (bicyclic) bond motifs is 2. The number of anilines is 2. The van der Waals surface area contributed by atoms with E-state index in [0.717, 1.165) is 53.9 Å². The van der Waals surface area contributed by atoms with Gasteiger partial charge in [0.05, 0.1) is 27.2 Å². The van der Waals surface area contributed by atoms with Crippen LogP contribution in [0.15, 0.2) is 17.6 Å². The van der Waals surface area contributed by atoms with Crippen LogP contribution in [-0.2, 0) is 0 Å². The lowest BCUT2D eigenvalue weighted by molar-refractivity contribution is -0.0612. The van der Waals surface area contributed by atoms with Crippen molar-refractivity contribution >= 4 is 32.9 Å². The molecule has 0 radical (unpaired) electrons. The van der Waals surface area contributed by atoms with Gasteiger partial charge in [0.25, 0.3) is 0 Å². The SMILES string of the molecule is Nc1c(N2CCC3(O)CCCCC3C2)ccc2scnc12. The van der Waals surface area contributed by atoms with Gasteiger partial charge in [0.15, 0.2) is 0 Å².